The molecular weight excluding hydrogens is 1070 g/mol. The predicted octanol–water partition coefficient (Wildman–Crippen LogP) is 20.2. The third-order valence-corrected chi connectivity index (χ3v) is 19.8. The summed E-state index contributed by atoms with van der Waals surface area (Å²) in [5.74, 6) is 0. The fourth-order valence-electron chi connectivity index (χ4n) is 14.9. The number of furan rings is 1. The van der Waals surface area contributed by atoms with Gasteiger partial charge in [-0.1, -0.05) is 177 Å². The van der Waals surface area contributed by atoms with Gasteiger partial charge in [0.2, 0.25) is 0 Å². The average molecular weight is 1140 g/mol. The molecule has 3 aromatic heterocycles. The molecular formula is C81H74BN5O. The molecule has 13 aromatic rings. The van der Waals surface area contributed by atoms with Crippen LogP contribution < -0.4 is 26.2 Å². The summed E-state index contributed by atoms with van der Waals surface area (Å²) in [6.45, 7) is 34.7. The molecule has 6 heterocycles. The van der Waals surface area contributed by atoms with Crippen molar-refractivity contribution in [3.8, 4) is 28.6 Å². The van der Waals surface area contributed by atoms with Crippen molar-refractivity contribution < 1.29 is 4.42 Å². The van der Waals surface area contributed by atoms with Crippen LogP contribution in [0.25, 0.3) is 88.1 Å². The number of nitrogens with zero attached hydrogens (tertiary/aromatic N) is 5. The summed E-state index contributed by atoms with van der Waals surface area (Å²) >= 11 is 0. The van der Waals surface area contributed by atoms with Crippen molar-refractivity contribution in [2.45, 2.75) is 131 Å². The molecule has 16 rings (SSSR count). The Morgan fingerprint density at radius 2 is 0.909 bits per heavy atom. The number of rotatable bonds is 3. The topological polar surface area (TPSA) is 53.3 Å². The van der Waals surface area contributed by atoms with Crippen LogP contribution in [0.2, 0.25) is 0 Å². The van der Waals surface area contributed by atoms with Gasteiger partial charge in [0.1, 0.15) is 11.2 Å². The minimum Gasteiger partial charge on any atom is -0.456 e. The van der Waals surface area contributed by atoms with Crippen molar-refractivity contribution in [2.75, 3.05) is 9.80 Å². The van der Waals surface area contributed by atoms with Crippen molar-refractivity contribution >= 4 is 123 Å². The second kappa shape index (κ2) is 17.9. The Labute approximate surface area is 517 Å². The number of fused-ring (bicyclic) bond motifs is 15. The van der Waals surface area contributed by atoms with E-state index in [0.29, 0.717) is 5.56 Å². The van der Waals surface area contributed by atoms with E-state index < -0.39 is 0 Å². The predicted molar refractivity (Wildman–Crippen MR) is 374 cm³/mol. The van der Waals surface area contributed by atoms with Crippen LogP contribution in [0, 0.1) is 11.3 Å². The third kappa shape index (κ3) is 7.79. The average Bonchev–Trinajstić information content (AvgIpc) is 1.14. The molecule has 6 nitrogen and oxygen atoms in total. The zero-order chi connectivity index (χ0) is 61.2. The number of nitriles is 1. The van der Waals surface area contributed by atoms with Gasteiger partial charge in [-0.15, -0.1) is 0 Å². The maximum atomic E-state index is 11.5. The molecule has 88 heavy (non-hydrogen) atoms. The van der Waals surface area contributed by atoms with Gasteiger partial charge < -0.3 is 23.4 Å². The van der Waals surface area contributed by atoms with Crippen molar-refractivity contribution in [3.63, 3.8) is 0 Å². The van der Waals surface area contributed by atoms with E-state index in [1.807, 2.05) is 6.07 Å². The van der Waals surface area contributed by atoms with Crippen LogP contribution in [-0.2, 0) is 27.1 Å². The number of benzene rings is 10. The highest BCUT2D eigenvalue weighted by Gasteiger charge is 2.48. The Balaban J connectivity index is 1.01. The Morgan fingerprint density at radius 3 is 1.51 bits per heavy atom. The van der Waals surface area contributed by atoms with Gasteiger partial charge in [-0.3, -0.25) is 0 Å². The minimum atomic E-state index is -0.199. The third-order valence-electron chi connectivity index (χ3n) is 19.8. The van der Waals surface area contributed by atoms with Crippen LogP contribution in [0.3, 0.4) is 0 Å². The van der Waals surface area contributed by atoms with Gasteiger partial charge in [0, 0.05) is 60.8 Å². The van der Waals surface area contributed by atoms with E-state index in [0.717, 1.165) is 67.2 Å². The lowest BCUT2D eigenvalue weighted by molar-refractivity contribution is 0.590. The van der Waals surface area contributed by atoms with E-state index in [1.54, 1.807) is 0 Å². The fraction of sp³-hybridized carbons (Fsp3) is 0.247. The molecule has 432 valence electrons. The van der Waals surface area contributed by atoms with Crippen molar-refractivity contribution in [3.05, 3.63) is 209 Å². The maximum absolute atomic E-state index is 11.5. The SMILES string of the molecule is CC(C)(C)c1cc2c3c(c1)-n1c4ccc(C(C)(C)C)cc4c4cc(C(C)(C)C)cc(c41)N3c1cc(C#N)cc3c1B2c1ccc(-n2c4ccc(C(C)(C)C)cc4c4cc(C(C)(C)C)ccc42)cc1N3c1ccc(-c2cccc3oc4ccccc4c23)cc1. The van der Waals surface area contributed by atoms with Gasteiger partial charge in [-0.05, 0) is 186 Å². The van der Waals surface area contributed by atoms with Crippen LogP contribution in [0.15, 0.2) is 180 Å². The maximum Gasteiger partial charge on any atom is 0.252 e. The summed E-state index contributed by atoms with van der Waals surface area (Å²) in [5, 5.41) is 18.7. The van der Waals surface area contributed by atoms with Gasteiger partial charge in [-0.2, -0.15) is 5.26 Å². The standard InChI is InChI=1S/C81H74BN5O/c1-77(2,3)48-25-32-63-57(37-48)58-38-49(78(4,5)6)26-33-64(58)85(63)54-30-31-61-66(44-54)84(53-28-23-47(24-29-53)55-20-18-22-72-73(55)56-19-16-17-21-71(56)88-72)67-35-46(45-83)36-68-74(67)82(61)62-41-52(81(13,14)15)43-70-76(62)87(68)69-42-51(80(10,11)12)40-60-59-39-50(79(7,8)9)27-34-65(59)86(70)75(60)69/h16-44H,1-15H3. The molecule has 0 unspecified atom stereocenters. The Hall–Kier alpha value is -9.25. The van der Waals surface area contributed by atoms with Crippen LogP contribution in [0.1, 0.15) is 137 Å². The molecule has 7 heteroatoms. The summed E-state index contributed by atoms with van der Waals surface area (Å²) in [4.78, 5) is 5.05. The smallest absolute Gasteiger partial charge is 0.252 e. The lowest BCUT2D eigenvalue weighted by Crippen LogP contribution is -2.62. The molecule has 0 N–H and O–H groups in total. The highest BCUT2D eigenvalue weighted by atomic mass is 16.3. The van der Waals surface area contributed by atoms with Crippen LogP contribution >= 0.6 is 0 Å². The van der Waals surface area contributed by atoms with Crippen molar-refractivity contribution in [2.24, 2.45) is 0 Å². The molecule has 0 spiro atoms. The largest absolute Gasteiger partial charge is 0.456 e. The molecule has 0 radical (unpaired) electrons. The van der Waals surface area contributed by atoms with Gasteiger partial charge in [0.25, 0.3) is 6.71 Å². The highest BCUT2D eigenvalue weighted by molar-refractivity contribution is 7.00. The first-order valence-electron chi connectivity index (χ1n) is 31.5. The minimum absolute atomic E-state index is 0.0360. The first kappa shape index (κ1) is 54.2. The number of hydrogen-bond donors (Lipinski definition) is 0. The second-order valence-corrected chi connectivity index (χ2v) is 30.7. The molecule has 0 amide bonds. The zero-order valence-electron chi connectivity index (χ0n) is 53.5. The molecule has 0 bridgehead atoms. The first-order valence-corrected chi connectivity index (χ1v) is 31.5. The Morgan fingerprint density at radius 1 is 0.386 bits per heavy atom. The highest BCUT2D eigenvalue weighted by Crippen LogP contribution is 2.55. The van der Waals surface area contributed by atoms with Gasteiger partial charge >= 0.3 is 0 Å². The lowest BCUT2D eigenvalue weighted by atomic mass is 9.33. The number of hydrogen-bond acceptors (Lipinski definition) is 4. The number of anilines is 6. The summed E-state index contributed by atoms with van der Waals surface area (Å²) in [6, 6.07) is 69.6. The Bertz CT molecular complexity index is 5180. The number of para-hydroxylation sites is 1. The van der Waals surface area contributed by atoms with E-state index in [9.17, 15) is 5.26 Å². The van der Waals surface area contributed by atoms with Crippen LogP contribution in [0.4, 0.5) is 34.1 Å². The normalized spacial score (nSPS) is 14.0. The monoisotopic (exact) mass is 1140 g/mol. The van der Waals surface area contributed by atoms with Crippen LogP contribution in [0.5, 0.6) is 0 Å². The molecule has 0 aliphatic carbocycles. The van der Waals surface area contributed by atoms with Gasteiger partial charge in [0.15, 0.2) is 0 Å². The van der Waals surface area contributed by atoms with E-state index in [2.05, 4.69) is 299 Å². The lowest BCUT2D eigenvalue weighted by Gasteiger charge is -2.47. The summed E-state index contributed by atoms with van der Waals surface area (Å²) in [6.07, 6.45) is 0. The molecule has 0 saturated heterocycles. The van der Waals surface area contributed by atoms with E-state index in [4.69, 9.17) is 4.42 Å². The quantitative estimate of drug-likeness (QED) is 0.165. The van der Waals surface area contributed by atoms with E-state index >= 15 is 0 Å². The first-order chi connectivity index (χ1) is 41.7. The van der Waals surface area contributed by atoms with E-state index in [1.165, 1.54) is 99.2 Å². The summed E-state index contributed by atoms with van der Waals surface area (Å²) in [7, 11) is 0. The molecule has 3 aliphatic rings. The van der Waals surface area contributed by atoms with Crippen LogP contribution in [-0.4, -0.2) is 15.8 Å². The Kier molecular flexibility index (Phi) is 11.0. The molecule has 0 fully saturated rings. The fourth-order valence-corrected chi connectivity index (χ4v) is 14.9. The summed E-state index contributed by atoms with van der Waals surface area (Å²) in [5.41, 5.74) is 27.7. The zero-order valence-corrected chi connectivity index (χ0v) is 53.5. The summed E-state index contributed by atoms with van der Waals surface area (Å²) < 4.78 is 11.5. The van der Waals surface area contributed by atoms with Gasteiger partial charge in [0.05, 0.1) is 50.8 Å². The van der Waals surface area contributed by atoms with E-state index in [-0.39, 0.29) is 33.8 Å². The van der Waals surface area contributed by atoms with Gasteiger partial charge in [-0.25, -0.2) is 0 Å². The number of aromatic nitrogens is 2. The molecule has 10 aromatic carbocycles. The second-order valence-electron chi connectivity index (χ2n) is 30.7. The molecule has 0 atom stereocenters. The van der Waals surface area contributed by atoms with Crippen molar-refractivity contribution in [1.82, 2.24) is 9.13 Å². The molecule has 3 aliphatic heterocycles. The van der Waals surface area contributed by atoms with Crippen molar-refractivity contribution in [1.29, 1.82) is 5.26 Å². The molecule has 0 saturated carbocycles.